The Labute approximate surface area is 162 Å². The summed E-state index contributed by atoms with van der Waals surface area (Å²) in [6.07, 6.45) is 1.81. The third kappa shape index (κ3) is 1.88. The van der Waals surface area contributed by atoms with Crippen LogP contribution in [0, 0.1) is 11.8 Å². The number of quaternary nitrogens is 1. The van der Waals surface area contributed by atoms with Crippen molar-refractivity contribution >= 4 is 35.0 Å². The number of halogens is 1. The van der Waals surface area contributed by atoms with Gasteiger partial charge in [-0.25, -0.2) is 0 Å². The number of likely N-dealkylation sites (tertiary alicyclic amines) is 1. The second kappa shape index (κ2) is 5.11. The number of amides is 3. The molecule has 4 aliphatic heterocycles. The van der Waals surface area contributed by atoms with Gasteiger partial charge in [-0.3, -0.25) is 19.3 Å². The highest BCUT2D eigenvalue weighted by molar-refractivity contribution is 6.31. The first-order valence-electron chi connectivity index (χ1n) is 9.54. The Bertz CT molecular complexity index is 908. The van der Waals surface area contributed by atoms with E-state index in [1.54, 1.807) is 18.2 Å². The average Bonchev–Trinajstić information content (AvgIpc) is 3.25. The Kier molecular flexibility index (Phi) is 3.26. The van der Waals surface area contributed by atoms with E-state index in [1.807, 2.05) is 20.8 Å². The Balaban J connectivity index is 1.77. The molecule has 6 nitrogen and oxygen atoms in total. The molecule has 0 saturated carbocycles. The zero-order chi connectivity index (χ0) is 19.3. The second-order valence-corrected chi connectivity index (χ2v) is 9.60. The summed E-state index contributed by atoms with van der Waals surface area (Å²) >= 11 is 6.27. The van der Waals surface area contributed by atoms with Crippen molar-refractivity contribution in [2.24, 2.45) is 11.8 Å². The maximum Gasteiger partial charge on any atom is 0.291 e. The average molecular weight is 389 g/mol. The van der Waals surface area contributed by atoms with E-state index in [4.69, 9.17) is 11.6 Å². The Morgan fingerprint density at radius 2 is 1.96 bits per heavy atom. The van der Waals surface area contributed by atoms with Gasteiger partial charge in [0.25, 0.3) is 5.91 Å². The molecule has 4 aliphatic rings. The molecule has 3 amide bonds. The van der Waals surface area contributed by atoms with Gasteiger partial charge in [0.2, 0.25) is 17.4 Å². The van der Waals surface area contributed by atoms with Gasteiger partial charge < -0.3 is 10.2 Å². The first-order chi connectivity index (χ1) is 12.7. The van der Waals surface area contributed by atoms with E-state index >= 15 is 0 Å². The van der Waals surface area contributed by atoms with Crippen molar-refractivity contribution in [3.63, 3.8) is 0 Å². The lowest BCUT2D eigenvalue weighted by Gasteiger charge is -2.36. The topological polar surface area (TPSA) is 70.9 Å². The van der Waals surface area contributed by atoms with Crippen LogP contribution in [0.1, 0.15) is 39.2 Å². The third-order valence-corrected chi connectivity index (χ3v) is 7.09. The summed E-state index contributed by atoms with van der Waals surface area (Å²) < 4.78 is 0. The maximum atomic E-state index is 13.6. The molecule has 0 aromatic heterocycles. The number of rotatable bonds is 0. The number of anilines is 1. The lowest BCUT2D eigenvalue weighted by molar-refractivity contribution is -0.948. The molecule has 0 aliphatic carbocycles. The Hall–Kier alpha value is -1.92. The SMILES string of the molecule is CC(C)(C)N1C(=O)[C@H]2[C@@H](C1=O)[C@]1(C(=O)Nc3ccc(Cl)cc31)[NH+]1CCC[C@@H]21. The summed E-state index contributed by atoms with van der Waals surface area (Å²) in [5.74, 6) is -1.62. The number of carbonyl (C=O) groups excluding carboxylic acids is 3. The molecule has 5 rings (SSSR count). The summed E-state index contributed by atoms with van der Waals surface area (Å²) in [7, 11) is 0. The summed E-state index contributed by atoms with van der Waals surface area (Å²) in [5.41, 5.74) is -0.187. The van der Waals surface area contributed by atoms with Gasteiger partial charge >= 0.3 is 0 Å². The lowest BCUT2D eigenvalue weighted by Crippen LogP contribution is -3.19. The predicted molar refractivity (Wildman–Crippen MR) is 99.2 cm³/mol. The van der Waals surface area contributed by atoms with Crippen LogP contribution in [-0.2, 0) is 19.9 Å². The molecular formula is C20H23ClN3O3+. The van der Waals surface area contributed by atoms with Crippen LogP contribution < -0.4 is 10.2 Å². The molecule has 1 aromatic rings. The third-order valence-electron chi connectivity index (χ3n) is 6.85. The van der Waals surface area contributed by atoms with Gasteiger partial charge in [-0.15, -0.1) is 0 Å². The van der Waals surface area contributed by atoms with Gasteiger partial charge in [0.1, 0.15) is 17.9 Å². The molecule has 4 heterocycles. The van der Waals surface area contributed by atoms with Crippen molar-refractivity contribution in [3.8, 4) is 0 Å². The number of nitrogens with zero attached hydrogens (tertiary/aromatic N) is 1. The fraction of sp³-hybridized carbons (Fsp3) is 0.550. The van der Waals surface area contributed by atoms with Crippen molar-refractivity contribution in [2.45, 2.75) is 50.7 Å². The highest BCUT2D eigenvalue weighted by Crippen LogP contribution is 2.52. The number of hydrogen-bond acceptors (Lipinski definition) is 3. The molecule has 142 valence electrons. The predicted octanol–water partition coefficient (Wildman–Crippen LogP) is 0.948. The van der Waals surface area contributed by atoms with Gasteiger partial charge in [0.05, 0.1) is 12.2 Å². The molecule has 1 spiro atoms. The van der Waals surface area contributed by atoms with Crippen LogP contribution in [0.5, 0.6) is 0 Å². The van der Waals surface area contributed by atoms with Crippen molar-refractivity contribution in [3.05, 3.63) is 28.8 Å². The van der Waals surface area contributed by atoms with Gasteiger partial charge in [-0.05, 0) is 39.0 Å². The number of fused-ring (bicyclic) bond motifs is 7. The molecule has 1 aromatic carbocycles. The molecule has 5 atom stereocenters. The van der Waals surface area contributed by atoms with Crippen LogP contribution >= 0.6 is 11.6 Å². The normalized spacial score (nSPS) is 37.0. The zero-order valence-corrected chi connectivity index (χ0v) is 16.4. The molecule has 1 unspecified atom stereocenters. The van der Waals surface area contributed by atoms with Crippen LogP contribution in [0.3, 0.4) is 0 Å². The zero-order valence-electron chi connectivity index (χ0n) is 15.6. The van der Waals surface area contributed by atoms with Crippen molar-refractivity contribution in [1.29, 1.82) is 0 Å². The molecule has 0 bridgehead atoms. The van der Waals surface area contributed by atoms with Gasteiger partial charge in [-0.1, -0.05) is 11.6 Å². The molecule has 3 saturated heterocycles. The monoisotopic (exact) mass is 388 g/mol. The Morgan fingerprint density at radius 1 is 1.22 bits per heavy atom. The fourth-order valence-electron chi connectivity index (χ4n) is 6.09. The number of benzene rings is 1. The van der Waals surface area contributed by atoms with Crippen LogP contribution in [0.25, 0.3) is 0 Å². The highest BCUT2D eigenvalue weighted by Gasteiger charge is 2.78. The van der Waals surface area contributed by atoms with E-state index in [0.29, 0.717) is 10.7 Å². The first kappa shape index (κ1) is 17.2. The van der Waals surface area contributed by atoms with Crippen LogP contribution in [0.2, 0.25) is 5.02 Å². The molecule has 0 radical (unpaired) electrons. The minimum absolute atomic E-state index is 0.00511. The van der Waals surface area contributed by atoms with Gasteiger partial charge in [-0.2, -0.15) is 0 Å². The number of imide groups is 1. The van der Waals surface area contributed by atoms with Crippen LogP contribution in [0.15, 0.2) is 18.2 Å². The minimum atomic E-state index is -1.06. The van der Waals surface area contributed by atoms with Crippen molar-refractivity contribution < 1.29 is 19.3 Å². The van der Waals surface area contributed by atoms with E-state index in [0.717, 1.165) is 29.8 Å². The fourth-order valence-corrected chi connectivity index (χ4v) is 6.27. The van der Waals surface area contributed by atoms with E-state index in [2.05, 4.69) is 5.32 Å². The maximum absolute atomic E-state index is 13.6. The molecule has 27 heavy (non-hydrogen) atoms. The quantitative estimate of drug-likeness (QED) is 0.650. The number of hydrogen-bond donors (Lipinski definition) is 2. The molecule has 7 heteroatoms. The van der Waals surface area contributed by atoms with E-state index in [9.17, 15) is 14.4 Å². The first-order valence-corrected chi connectivity index (χ1v) is 9.92. The molecule has 3 fully saturated rings. The molecular weight excluding hydrogens is 366 g/mol. The standard InChI is InChI=1S/C20H22ClN3O3/c1-19(2,3)24-16(25)14-13-5-4-8-23(13)20(15(14)17(24)26)11-9-10(21)6-7-12(11)22-18(20)27/h6-7,9,13-15H,4-5,8H2,1-3H3,(H,22,27)/p+1/t13-,14+,15-,20+/m0/s1. The molecule has 2 N–H and O–H groups in total. The summed E-state index contributed by atoms with van der Waals surface area (Å²) in [6, 6.07) is 5.34. The summed E-state index contributed by atoms with van der Waals surface area (Å²) in [4.78, 5) is 42.8. The Morgan fingerprint density at radius 3 is 2.67 bits per heavy atom. The van der Waals surface area contributed by atoms with E-state index in [1.165, 1.54) is 4.90 Å². The van der Waals surface area contributed by atoms with E-state index < -0.39 is 22.9 Å². The number of nitrogens with one attached hydrogen (secondary N) is 2. The summed E-state index contributed by atoms with van der Waals surface area (Å²) in [5, 5.41) is 3.51. The smallest absolute Gasteiger partial charge is 0.291 e. The number of carbonyl (C=O) groups is 3. The summed E-state index contributed by atoms with van der Waals surface area (Å²) in [6.45, 7) is 6.40. The minimum Gasteiger partial charge on any atom is -0.320 e. The van der Waals surface area contributed by atoms with Crippen LogP contribution in [0.4, 0.5) is 5.69 Å². The lowest BCUT2D eigenvalue weighted by atomic mass is 9.75. The van der Waals surface area contributed by atoms with Gasteiger partial charge in [0, 0.05) is 29.0 Å². The van der Waals surface area contributed by atoms with Gasteiger partial charge in [0.15, 0.2) is 0 Å². The van der Waals surface area contributed by atoms with Crippen molar-refractivity contribution in [2.75, 3.05) is 11.9 Å². The highest BCUT2D eigenvalue weighted by atomic mass is 35.5. The van der Waals surface area contributed by atoms with E-state index in [-0.39, 0.29) is 23.8 Å². The largest absolute Gasteiger partial charge is 0.320 e. The van der Waals surface area contributed by atoms with Crippen molar-refractivity contribution in [1.82, 2.24) is 4.90 Å². The van der Waals surface area contributed by atoms with Crippen LogP contribution in [-0.4, -0.2) is 40.7 Å². The second-order valence-electron chi connectivity index (χ2n) is 9.16.